The third-order valence-electron chi connectivity index (χ3n) is 5.75. The van der Waals surface area contributed by atoms with Crippen LogP contribution in [-0.2, 0) is 39.6 Å². The zero-order chi connectivity index (χ0) is 30.9. The number of benzene rings is 1. The first-order chi connectivity index (χ1) is 18.1. The van der Waals surface area contributed by atoms with Gasteiger partial charge in [-0.15, -0.1) is 0 Å². The molecule has 0 bridgehead atoms. The molecule has 0 aliphatic rings. The number of hydrogen-bond donors (Lipinski definition) is 2. The van der Waals surface area contributed by atoms with Gasteiger partial charge < -0.3 is 29.3 Å². The first-order valence-electron chi connectivity index (χ1n) is 12.5. The molecule has 1 rings (SSSR count). The van der Waals surface area contributed by atoms with Gasteiger partial charge in [0.25, 0.3) is 0 Å². The van der Waals surface area contributed by atoms with Crippen LogP contribution >= 0.6 is 34.8 Å². The molecule has 0 heterocycles. The summed E-state index contributed by atoms with van der Waals surface area (Å²) >= 11 is 16.8. The Bertz CT molecular complexity index is 1020. The quantitative estimate of drug-likeness (QED) is 0.149. The number of hydrogen-bond acceptors (Lipinski definition) is 8. The third kappa shape index (κ3) is 13.5. The average Bonchev–Trinajstić information content (AvgIpc) is 2.80. The van der Waals surface area contributed by atoms with Crippen LogP contribution in [0.1, 0.15) is 47.1 Å². The summed E-state index contributed by atoms with van der Waals surface area (Å²) in [5.74, 6) is -2.72. The molecule has 0 saturated carbocycles. The summed E-state index contributed by atoms with van der Waals surface area (Å²) < 4.78 is 20.1. The second kappa shape index (κ2) is 14.7. The molecule has 2 atom stereocenters. The number of carbonyl (C=O) groups is 4. The molecule has 0 spiro atoms. The SMILES string of the molecule is CC(C)(C)OC(=O)N[C@H](C(=O)NCC(=O)OCC(Cl)(Cl)Cl)[C@H](O[Si](C)(C)C(C)(C)C)C(=O)OCc1ccccc1. The molecule has 1 aromatic carbocycles. The lowest BCUT2D eigenvalue weighted by Crippen LogP contribution is -2.61. The van der Waals surface area contributed by atoms with E-state index in [4.69, 9.17) is 53.4 Å². The minimum absolute atomic E-state index is 0.0961. The number of ether oxygens (including phenoxy) is 3. The molecule has 0 aliphatic carbocycles. The molecule has 0 aromatic heterocycles. The lowest BCUT2D eigenvalue weighted by atomic mass is 10.1. The van der Waals surface area contributed by atoms with Gasteiger partial charge in [0.2, 0.25) is 9.70 Å². The van der Waals surface area contributed by atoms with Crippen LogP contribution in [0.4, 0.5) is 4.79 Å². The summed E-state index contributed by atoms with van der Waals surface area (Å²) in [6.07, 6.45) is -2.56. The molecule has 0 unspecified atom stereocenters. The van der Waals surface area contributed by atoms with Crippen molar-refractivity contribution in [2.45, 2.75) is 87.8 Å². The van der Waals surface area contributed by atoms with E-state index in [1.54, 1.807) is 45.0 Å². The van der Waals surface area contributed by atoms with Crippen LogP contribution < -0.4 is 10.6 Å². The van der Waals surface area contributed by atoms with E-state index in [1.807, 2.05) is 39.9 Å². The predicted molar refractivity (Wildman–Crippen MR) is 156 cm³/mol. The lowest BCUT2D eigenvalue weighted by molar-refractivity contribution is -0.157. The van der Waals surface area contributed by atoms with Gasteiger partial charge in [-0.25, -0.2) is 9.59 Å². The molecule has 0 fully saturated rings. The van der Waals surface area contributed by atoms with Crippen molar-refractivity contribution in [3.05, 3.63) is 35.9 Å². The van der Waals surface area contributed by atoms with Gasteiger partial charge in [0.1, 0.15) is 31.4 Å². The van der Waals surface area contributed by atoms with Crippen molar-refractivity contribution in [2.24, 2.45) is 0 Å². The van der Waals surface area contributed by atoms with Crippen LogP contribution in [-0.4, -0.2) is 66.9 Å². The van der Waals surface area contributed by atoms with Gasteiger partial charge in [-0.3, -0.25) is 9.59 Å². The predicted octanol–water partition coefficient (Wildman–Crippen LogP) is 5.04. The van der Waals surface area contributed by atoms with E-state index in [9.17, 15) is 19.2 Å². The zero-order valence-corrected chi connectivity index (χ0v) is 27.3. The number of alkyl halides is 3. The fraction of sp³-hybridized carbons (Fsp3) is 0.615. The van der Waals surface area contributed by atoms with Gasteiger partial charge in [0, 0.05) is 0 Å². The molecule has 1 aromatic rings. The van der Waals surface area contributed by atoms with E-state index in [-0.39, 0.29) is 11.6 Å². The Morgan fingerprint density at radius 2 is 1.50 bits per heavy atom. The molecular weight excluding hydrogens is 603 g/mol. The number of amides is 2. The number of rotatable bonds is 11. The maximum Gasteiger partial charge on any atom is 0.408 e. The number of carbonyl (C=O) groups excluding carboxylic acids is 4. The first-order valence-corrected chi connectivity index (χ1v) is 16.5. The Morgan fingerprint density at radius 3 is 2.00 bits per heavy atom. The Labute approximate surface area is 251 Å². The first kappa shape index (κ1) is 36.0. The number of nitrogens with one attached hydrogen (secondary N) is 2. The molecule has 0 aliphatic heterocycles. The molecule has 2 N–H and O–H groups in total. The van der Waals surface area contributed by atoms with Gasteiger partial charge in [-0.05, 0) is 44.5 Å². The molecule has 0 saturated heterocycles. The minimum Gasteiger partial charge on any atom is -0.460 e. The monoisotopic (exact) mass is 640 g/mol. The van der Waals surface area contributed by atoms with E-state index in [0.717, 1.165) is 0 Å². The molecule has 14 heteroatoms. The molecule has 0 radical (unpaired) electrons. The Kier molecular flexibility index (Phi) is 13.2. The summed E-state index contributed by atoms with van der Waals surface area (Å²) in [6.45, 7) is 13.2. The van der Waals surface area contributed by atoms with Gasteiger partial charge in [-0.1, -0.05) is 85.9 Å². The maximum absolute atomic E-state index is 13.5. The Morgan fingerprint density at radius 1 is 0.925 bits per heavy atom. The van der Waals surface area contributed by atoms with E-state index >= 15 is 0 Å². The normalized spacial score (nSPS) is 14.0. The van der Waals surface area contributed by atoms with Crippen LogP contribution in [0.3, 0.4) is 0 Å². The second-order valence-electron chi connectivity index (χ2n) is 11.5. The average molecular weight is 642 g/mol. The van der Waals surface area contributed by atoms with Crippen molar-refractivity contribution in [3.8, 4) is 0 Å². The highest BCUT2D eigenvalue weighted by molar-refractivity contribution is 6.74. The van der Waals surface area contributed by atoms with Crippen molar-refractivity contribution in [1.82, 2.24) is 10.6 Å². The smallest absolute Gasteiger partial charge is 0.408 e. The maximum atomic E-state index is 13.5. The van der Waals surface area contributed by atoms with Crippen molar-refractivity contribution in [3.63, 3.8) is 0 Å². The molecule has 2 amide bonds. The fourth-order valence-electron chi connectivity index (χ4n) is 2.75. The van der Waals surface area contributed by atoms with Gasteiger partial charge >= 0.3 is 18.0 Å². The highest BCUT2D eigenvalue weighted by atomic mass is 35.6. The Balaban J connectivity index is 3.31. The van der Waals surface area contributed by atoms with Crippen LogP contribution in [0, 0.1) is 0 Å². The van der Waals surface area contributed by atoms with Crippen molar-refractivity contribution in [1.29, 1.82) is 0 Å². The summed E-state index contributed by atoms with van der Waals surface area (Å²) in [6, 6.07) is 7.29. The summed E-state index contributed by atoms with van der Waals surface area (Å²) in [5, 5.41) is 4.37. The number of halogens is 3. The summed E-state index contributed by atoms with van der Waals surface area (Å²) in [5.41, 5.74) is -0.199. The molecular formula is C26H39Cl3N2O8Si. The minimum atomic E-state index is -2.73. The molecule has 226 valence electrons. The summed E-state index contributed by atoms with van der Waals surface area (Å²) in [7, 11) is -2.73. The van der Waals surface area contributed by atoms with E-state index in [1.165, 1.54) is 0 Å². The van der Waals surface area contributed by atoms with Gasteiger partial charge in [-0.2, -0.15) is 0 Å². The highest BCUT2D eigenvalue weighted by Gasteiger charge is 2.46. The lowest BCUT2D eigenvalue weighted by Gasteiger charge is -2.40. The topological polar surface area (TPSA) is 129 Å². The second-order valence-corrected chi connectivity index (χ2v) is 18.8. The fourth-order valence-corrected chi connectivity index (χ4v) is 4.14. The van der Waals surface area contributed by atoms with Crippen LogP contribution in [0.25, 0.3) is 0 Å². The largest absolute Gasteiger partial charge is 0.460 e. The standard InChI is InChI=1S/C26H39Cl3N2O8Si/c1-24(2,3)38-23(35)31-19(21(33)30-14-18(32)37-16-26(27,28)29)20(39-40(7,8)25(4,5)6)22(34)36-15-17-12-10-9-11-13-17/h9-13,19-20H,14-16H2,1-8H3,(H,30,33)(H,31,35)/t19-,20-/m0/s1. The van der Waals surface area contributed by atoms with Crippen LogP contribution in [0.15, 0.2) is 30.3 Å². The van der Waals surface area contributed by atoms with Crippen molar-refractivity contribution in [2.75, 3.05) is 13.2 Å². The van der Waals surface area contributed by atoms with Crippen molar-refractivity contribution < 1.29 is 37.8 Å². The number of esters is 2. The molecule has 10 nitrogen and oxygen atoms in total. The third-order valence-corrected chi connectivity index (χ3v) is 10.5. The molecule has 40 heavy (non-hydrogen) atoms. The van der Waals surface area contributed by atoms with Gasteiger partial charge in [0.15, 0.2) is 14.4 Å². The zero-order valence-electron chi connectivity index (χ0n) is 24.1. The van der Waals surface area contributed by atoms with Crippen molar-refractivity contribution >= 4 is 67.1 Å². The summed E-state index contributed by atoms with van der Waals surface area (Å²) in [4.78, 5) is 51.7. The number of alkyl carbamates (subject to hydrolysis) is 1. The highest BCUT2D eigenvalue weighted by Crippen LogP contribution is 2.38. The Hall–Kier alpha value is -2.05. The van der Waals surface area contributed by atoms with E-state index < -0.39 is 66.9 Å². The van der Waals surface area contributed by atoms with Crippen LogP contribution in [0.5, 0.6) is 0 Å². The van der Waals surface area contributed by atoms with E-state index in [0.29, 0.717) is 5.56 Å². The van der Waals surface area contributed by atoms with Crippen LogP contribution in [0.2, 0.25) is 18.1 Å². The van der Waals surface area contributed by atoms with E-state index in [2.05, 4.69) is 10.6 Å². The van der Waals surface area contributed by atoms with Gasteiger partial charge in [0.05, 0.1) is 0 Å².